The molecule has 0 heterocycles. The molecule has 0 saturated carbocycles. The van der Waals surface area contributed by atoms with Gasteiger partial charge < -0.3 is 0 Å². The highest BCUT2D eigenvalue weighted by Crippen LogP contribution is 2.07. The second kappa shape index (κ2) is 12.1. The zero-order valence-corrected chi connectivity index (χ0v) is 13.2. The second-order valence-corrected chi connectivity index (χ2v) is 5.42. The standard InChI is InChI=1S/C18H28N2O/c1-2-3-4-5-6-7-8-12-15-19-20-18(21)16-17-13-10-9-11-14-17/h9-11,13-15H,2-8,12,16H2,1H3,(H,20,21)/b19-15+. The quantitative estimate of drug-likeness (QED) is 0.364. The molecule has 0 aromatic heterocycles. The Labute approximate surface area is 128 Å². The fourth-order valence-electron chi connectivity index (χ4n) is 2.20. The zero-order chi connectivity index (χ0) is 15.2. The Balaban J connectivity index is 1.98. The molecule has 1 rings (SSSR count). The van der Waals surface area contributed by atoms with Gasteiger partial charge in [-0.15, -0.1) is 0 Å². The molecule has 0 saturated heterocycles. The maximum Gasteiger partial charge on any atom is 0.244 e. The summed E-state index contributed by atoms with van der Waals surface area (Å²) in [4.78, 5) is 11.6. The SMILES string of the molecule is CCCCCCCCC/C=N/NC(=O)Cc1ccccc1. The van der Waals surface area contributed by atoms with Crippen molar-refractivity contribution in [2.75, 3.05) is 0 Å². The molecule has 0 aliphatic rings. The van der Waals surface area contributed by atoms with E-state index in [4.69, 9.17) is 0 Å². The molecular weight excluding hydrogens is 260 g/mol. The summed E-state index contributed by atoms with van der Waals surface area (Å²) in [5, 5.41) is 3.99. The average Bonchev–Trinajstić information content (AvgIpc) is 2.50. The van der Waals surface area contributed by atoms with Crippen LogP contribution in [0.4, 0.5) is 0 Å². The predicted octanol–water partition coefficient (Wildman–Crippen LogP) is 4.47. The highest BCUT2D eigenvalue weighted by Gasteiger charge is 2.00. The molecular formula is C18H28N2O. The van der Waals surface area contributed by atoms with Gasteiger partial charge in [-0.3, -0.25) is 4.79 Å². The molecule has 1 aromatic rings. The molecule has 0 unspecified atom stereocenters. The minimum absolute atomic E-state index is 0.0583. The van der Waals surface area contributed by atoms with Gasteiger partial charge in [0, 0.05) is 6.21 Å². The van der Waals surface area contributed by atoms with Crippen LogP contribution >= 0.6 is 0 Å². The Morgan fingerprint density at radius 2 is 1.71 bits per heavy atom. The summed E-state index contributed by atoms with van der Waals surface area (Å²) < 4.78 is 0. The summed E-state index contributed by atoms with van der Waals surface area (Å²) in [6.07, 6.45) is 12.2. The Bertz CT molecular complexity index is 401. The lowest BCUT2D eigenvalue weighted by molar-refractivity contribution is -0.120. The fourth-order valence-corrected chi connectivity index (χ4v) is 2.20. The molecule has 1 N–H and O–H groups in total. The minimum atomic E-state index is -0.0583. The van der Waals surface area contributed by atoms with Gasteiger partial charge in [-0.1, -0.05) is 75.8 Å². The van der Waals surface area contributed by atoms with E-state index in [1.54, 1.807) is 0 Å². The van der Waals surface area contributed by atoms with Crippen LogP contribution in [0.15, 0.2) is 35.4 Å². The molecule has 0 bridgehead atoms. The molecule has 0 fully saturated rings. The van der Waals surface area contributed by atoms with Gasteiger partial charge in [-0.05, 0) is 18.4 Å². The van der Waals surface area contributed by atoms with E-state index in [1.165, 1.54) is 38.5 Å². The van der Waals surface area contributed by atoms with Crippen LogP contribution in [-0.4, -0.2) is 12.1 Å². The van der Waals surface area contributed by atoms with Crippen molar-refractivity contribution in [2.24, 2.45) is 5.10 Å². The van der Waals surface area contributed by atoms with E-state index in [0.717, 1.165) is 18.4 Å². The van der Waals surface area contributed by atoms with Crippen molar-refractivity contribution >= 4 is 12.1 Å². The molecule has 116 valence electrons. The van der Waals surface area contributed by atoms with E-state index in [-0.39, 0.29) is 5.91 Å². The monoisotopic (exact) mass is 288 g/mol. The normalized spacial score (nSPS) is 10.9. The number of hydrogen-bond donors (Lipinski definition) is 1. The summed E-state index contributed by atoms with van der Waals surface area (Å²) in [7, 11) is 0. The first-order valence-corrected chi connectivity index (χ1v) is 8.17. The molecule has 0 aliphatic heterocycles. The lowest BCUT2D eigenvalue weighted by atomic mass is 10.1. The number of rotatable bonds is 11. The number of nitrogens with zero attached hydrogens (tertiary/aromatic N) is 1. The third-order valence-corrected chi connectivity index (χ3v) is 3.42. The topological polar surface area (TPSA) is 41.5 Å². The number of nitrogens with one attached hydrogen (secondary N) is 1. The van der Waals surface area contributed by atoms with Crippen molar-refractivity contribution < 1.29 is 4.79 Å². The molecule has 3 nitrogen and oxygen atoms in total. The number of carbonyl (C=O) groups is 1. The van der Waals surface area contributed by atoms with E-state index in [1.807, 2.05) is 36.5 Å². The van der Waals surface area contributed by atoms with Crippen LogP contribution < -0.4 is 5.43 Å². The smallest absolute Gasteiger partial charge is 0.244 e. The molecule has 0 atom stereocenters. The number of amides is 1. The number of carbonyl (C=O) groups excluding carboxylic acids is 1. The van der Waals surface area contributed by atoms with Crippen LogP contribution in [0.2, 0.25) is 0 Å². The highest BCUT2D eigenvalue weighted by molar-refractivity contribution is 5.79. The maximum atomic E-state index is 11.6. The number of benzene rings is 1. The van der Waals surface area contributed by atoms with Gasteiger partial charge in [-0.25, -0.2) is 5.43 Å². The first-order chi connectivity index (χ1) is 10.3. The van der Waals surface area contributed by atoms with Crippen LogP contribution in [0.25, 0.3) is 0 Å². The van der Waals surface area contributed by atoms with E-state index in [2.05, 4.69) is 17.5 Å². The lowest BCUT2D eigenvalue weighted by Gasteiger charge is -2.00. The van der Waals surface area contributed by atoms with Crippen LogP contribution in [0.1, 0.15) is 63.9 Å². The Kier molecular flexibility index (Phi) is 10.1. The van der Waals surface area contributed by atoms with Crippen molar-refractivity contribution in [3.05, 3.63) is 35.9 Å². The first-order valence-electron chi connectivity index (χ1n) is 8.17. The van der Waals surface area contributed by atoms with Gasteiger partial charge in [0.15, 0.2) is 0 Å². The summed E-state index contributed by atoms with van der Waals surface area (Å²) in [5.74, 6) is -0.0583. The molecule has 0 aliphatic carbocycles. The van der Waals surface area contributed by atoms with Gasteiger partial charge >= 0.3 is 0 Å². The van der Waals surface area contributed by atoms with Crippen molar-refractivity contribution in [1.82, 2.24) is 5.43 Å². The van der Waals surface area contributed by atoms with Crippen molar-refractivity contribution in [3.8, 4) is 0 Å². The molecule has 0 spiro atoms. The third-order valence-electron chi connectivity index (χ3n) is 3.42. The maximum absolute atomic E-state index is 11.6. The van der Waals surface area contributed by atoms with Crippen molar-refractivity contribution in [1.29, 1.82) is 0 Å². The molecule has 21 heavy (non-hydrogen) atoms. The Morgan fingerprint density at radius 1 is 1.05 bits per heavy atom. The molecule has 3 heteroatoms. The van der Waals surface area contributed by atoms with E-state index >= 15 is 0 Å². The van der Waals surface area contributed by atoms with Gasteiger partial charge in [0.2, 0.25) is 5.91 Å². The summed E-state index contributed by atoms with van der Waals surface area (Å²) >= 11 is 0. The summed E-state index contributed by atoms with van der Waals surface area (Å²) in [6, 6.07) is 9.71. The van der Waals surface area contributed by atoms with Gasteiger partial charge in [0.25, 0.3) is 0 Å². The Morgan fingerprint density at radius 3 is 2.43 bits per heavy atom. The second-order valence-electron chi connectivity index (χ2n) is 5.42. The van der Waals surface area contributed by atoms with Crippen LogP contribution in [-0.2, 0) is 11.2 Å². The van der Waals surface area contributed by atoms with Crippen LogP contribution in [0.3, 0.4) is 0 Å². The Hall–Kier alpha value is -1.64. The molecule has 1 amide bonds. The molecule has 0 radical (unpaired) electrons. The third kappa shape index (κ3) is 9.83. The van der Waals surface area contributed by atoms with Gasteiger partial charge in [-0.2, -0.15) is 5.10 Å². The van der Waals surface area contributed by atoms with E-state index in [0.29, 0.717) is 6.42 Å². The number of hydrogen-bond acceptors (Lipinski definition) is 2. The van der Waals surface area contributed by atoms with Crippen molar-refractivity contribution in [3.63, 3.8) is 0 Å². The highest BCUT2D eigenvalue weighted by atomic mass is 16.2. The van der Waals surface area contributed by atoms with Crippen LogP contribution in [0.5, 0.6) is 0 Å². The number of hydrazone groups is 1. The fraction of sp³-hybridized carbons (Fsp3) is 0.556. The summed E-state index contributed by atoms with van der Waals surface area (Å²) in [6.45, 7) is 2.24. The summed E-state index contributed by atoms with van der Waals surface area (Å²) in [5.41, 5.74) is 3.59. The van der Waals surface area contributed by atoms with E-state index < -0.39 is 0 Å². The van der Waals surface area contributed by atoms with Gasteiger partial charge in [0.1, 0.15) is 0 Å². The first kappa shape index (κ1) is 17.4. The molecule has 1 aromatic carbocycles. The lowest BCUT2D eigenvalue weighted by Crippen LogP contribution is -2.19. The van der Waals surface area contributed by atoms with Crippen molar-refractivity contribution in [2.45, 2.75) is 64.7 Å². The van der Waals surface area contributed by atoms with Gasteiger partial charge in [0.05, 0.1) is 6.42 Å². The predicted molar refractivity (Wildman–Crippen MR) is 89.4 cm³/mol. The zero-order valence-electron chi connectivity index (χ0n) is 13.2. The minimum Gasteiger partial charge on any atom is -0.273 e. The largest absolute Gasteiger partial charge is 0.273 e. The van der Waals surface area contributed by atoms with Crippen LogP contribution in [0, 0.1) is 0 Å². The van der Waals surface area contributed by atoms with E-state index in [9.17, 15) is 4.79 Å². The number of unbranched alkanes of at least 4 members (excludes halogenated alkanes) is 7. The average molecular weight is 288 g/mol.